The van der Waals surface area contributed by atoms with Crippen LogP contribution in [0.1, 0.15) is 47.0 Å². The lowest BCUT2D eigenvalue weighted by atomic mass is 10.2. The van der Waals surface area contributed by atoms with Gasteiger partial charge in [0.05, 0.1) is 0 Å². The Morgan fingerprint density at radius 2 is 1.71 bits per heavy atom. The van der Waals surface area contributed by atoms with Gasteiger partial charge in [0, 0.05) is 19.6 Å². The molecule has 0 aliphatic carbocycles. The molecule has 0 N–H and O–H groups in total. The van der Waals surface area contributed by atoms with Crippen LogP contribution in [-0.2, 0) is 9.47 Å². The van der Waals surface area contributed by atoms with Crippen molar-refractivity contribution in [2.24, 2.45) is 0 Å². The third-order valence-corrected chi connectivity index (χ3v) is 2.16. The molecule has 0 aliphatic rings. The minimum Gasteiger partial charge on any atom is -0.353 e. The first-order valence-corrected chi connectivity index (χ1v) is 5.63. The molecule has 0 radical (unpaired) electrons. The van der Waals surface area contributed by atoms with Crippen LogP contribution in [0.25, 0.3) is 0 Å². The highest BCUT2D eigenvalue weighted by atomic mass is 16.7. The molecular formula is C12H24O2. The summed E-state index contributed by atoms with van der Waals surface area (Å²) in [6.07, 6.45) is 5.38. The van der Waals surface area contributed by atoms with Gasteiger partial charge in [0.2, 0.25) is 0 Å². The summed E-state index contributed by atoms with van der Waals surface area (Å²) in [6, 6.07) is 0. The highest BCUT2D eigenvalue weighted by molar-refractivity contribution is 4.96. The molecule has 2 heteroatoms. The number of hydrogen-bond acceptors (Lipinski definition) is 2. The van der Waals surface area contributed by atoms with E-state index < -0.39 is 0 Å². The first kappa shape index (κ1) is 13.7. The van der Waals surface area contributed by atoms with Gasteiger partial charge < -0.3 is 9.47 Å². The van der Waals surface area contributed by atoms with Crippen LogP contribution in [-0.4, -0.2) is 19.5 Å². The highest BCUT2D eigenvalue weighted by Gasteiger charge is 2.05. The van der Waals surface area contributed by atoms with E-state index >= 15 is 0 Å². The fraction of sp³-hybridized carbons (Fsp3) is 0.833. The lowest BCUT2D eigenvalue weighted by Gasteiger charge is -2.15. The number of hydrogen-bond donors (Lipinski definition) is 0. The molecule has 14 heavy (non-hydrogen) atoms. The Balaban J connectivity index is 3.69. The highest BCUT2D eigenvalue weighted by Crippen LogP contribution is 2.08. The predicted octanol–water partition coefficient (Wildman–Crippen LogP) is 3.52. The van der Waals surface area contributed by atoms with Crippen LogP contribution in [0.15, 0.2) is 11.6 Å². The third-order valence-electron chi connectivity index (χ3n) is 2.16. The molecule has 0 bridgehead atoms. The van der Waals surface area contributed by atoms with Gasteiger partial charge in [-0.15, -0.1) is 0 Å². The maximum Gasteiger partial charge on any atom is 0.157 e. The van der Waals surface area contributed by atoms with Crippen LogP contribution in [0, 0.1) is 0 Å². The lowest BCUT2D eigenvalue weighted by Crippen LogP contribution is -2.16. The topological polar surface area (TPSA) is 18.5 Å². The summed E-state index contributed by atoms with van der Waals surface area (Å²) in [7, 11) is 0. The van der Waals surface area contributed by atoms with E-state index in [4.69, 9.17) is 9.47 Å². The van der Waals surface area contributed by atoms with Crippen LogP contribution in [0.5, 0.6) is 0 Å². The summed E-state index contributed by atoms with van der Waals surface area (Å²) in [6.45, 7) is 9.78. The monoisotopic (exact) mass is 200 g/mol. The predicted molar refractivity (Wildman–Crippen MR) is 60.3 cm³/mol. The van der Waals surface area contributed by atoms with Crippen molar-refractivity contribution in [3.63, 3.8) is 0 Å². The molecule has 2 nitrogen and oxygen atoms in total. The van der Waals surface area contributed by atoms with Crippen molar-refractivity contribution in [1.82, 2.24) is 0 Å². The van der Waals surface area contributed by atoms with E-state index in [2.05, 4.69) is 19.9 Å². The number of ether oxygens (including phenoxy) is 2. The second-order valence-corrected chi connectivity index (χ2v) is 3.32. The molecule has 0 unspecified atom stereocenters. The molecule has 0 saturated carbocycles. The van der Waals surface area contributed by atoms with Gasteiger partial charge in [0.1, 0.15) is 0 Å². The van der Waals surface area contributed by atoms with Crippen molar-refractivity contribution in [2.45, 2.75) is 53.2 Å². The van der Waals surface area contributed by atoms with Gasteiger partial charge in [-0.1, -0.05) is 18.6 Å². The summed E-state index contributed by atoms with van der Waals surface area (Å²) in [5.41, 5.74) is 1.44. The van der Waals surface area contributed by atoms with Crippen molar-refractivity contribution in [2.75, 3.05) is 13.2 Å². The molecule has 0 atom stereocenters. The quantitative estimate of drug-likeness (QED) is 0.441. The van der Waals surface area contributed by atoms with Crippen LogP contribution >= 0.6 is 0 Å². The molecule has 0 saturated heterocycles. The summed E-state index contributed by atoms with van der Waals surface area (Å²) in [5, 5.41) is 0. The second-order valence-electron chi connectivity index (χ2n) is 3.32. The van der Waals surface area contributed by atoms with Crippen molar-refractivity contribution in [3.05, 3.63) is 11.6 Å². The zero-order chi connectivity index (χ0) is 10.8. The summed E-state index contributed by atoms with van der Waals surface area (Å²) in [4.78, 5) is 0. The Bertz CT molecular complexity index is 146. The van der Waals surface area contributed by atoms with Gasteiger partial charge in [-0.2, -0.15) is 0 Å². The van der Waals surface area contributed by atoms with Gasteiger partial charge in [-0.05, 0) is 33.6 Å². The van der Waals surface area contributed by atoms with Gasteiger partial charge in [0.15, 0.2) is 6.29 Å². The first-order valence-electron chi connectivity index (χ1n) is 5.63. The van der Waals surface area contributed by atoms with Crippen molar-refractivity contribution in [1.29, 1.82) is 0 Å². The minimum absolute atomic E-state index is 0.0223. The molecule has 0 aromatic heterocycles. The zero-order valence-corrected chi connectivity index (χ0v) is 10.0. The van der Waals surface area contributed by atoms with Gasteiger partial charge in [-0.25, -0.2) is 0 Å². The van der Waals surface area contributed by atoms with Gasteiger partial charge >= 0.3 is 0 Å². The average molecular weight is 200 g/mol. The molecule has 0 spiro atoms. The molecule has 0 fully saturated rings. The number of allylic oxidation sites excluding steroid dienone is 2. The maximum absolute atomic E-state index is 5.45. The fourth-order valence-corrected chi connectivity index (χ4v) is 1.20. The fourth-order valence-electron chi connectivity index (χ4n) is 1.20. The molecule has 84 valence electrons. The van der Waals surface area contributed by atoms with E-state index in [1.165, 1.54) is 5.57 Å². The second kappa shape index (κ2) is 9.22. The van der Waals surface area contributed by atoms with Crippen molar-refractivity contribution in [3.8, 4) is 0 Å². The SMILES string of the molecule is CCOC(CCC=C(C)CC)OCC. The molecule has 0 rings (SSSR count). The van der Waals surface area contributed by atoms with Crippen molar-refractivity contribution >= 4 is 0 Å². The van der Waals surface area contributed by atoms with Crippen molar-refractivity contribution < 1.29 is 9.47 Å². The third kappa shape index (κ3) is 7.10. The van der Waals surface area contributed by atoms with Crippen LogP contribution in [0.2, 0.25) is 0 Å². The molecule has 0 amide bonds. The van der Waals surface area contributed by atoms with E-state index in [0.717, 1.165) is 32.5 Å². The summed E-state index contributed by atoms with van der Waals surface area (Å²) >= 11 is 0. The standard InChI is InChI=1S/C12H24O2/c1-5-11(4)9-8-10-12(13-6-2)14-7-3/h9,12H,5-8,10H2,1-4H3. The van der Waals surface area contributed by atoms with E-state index in [-0.39, 0.29) is 6.29 Å². The summed E-state index contributed by atoms with van der Waals surface area (Å²) < 4.78 is 10.9. The Morgan fingerprint density at radius 3 is 2.14 bits per heavy atom. The normalized spacial score (nSPS) is 12.5. The zero-order valence-electron chi connectivity index (χ0n) is 10.0. The Labute approximate surface area is 88.3 Å². The van der Waals surface area contributed by atoms with Crippen LogP contribution in [0.3, 0.4) is 0 Å². The minimum atomic E-state index is -0.0223. The van der Waals surface area contributed by atoms with E-state index in [9.17, 15) is 0 Å². The molecule has 0 aliphatic heterocycles. The van der Waals surface area contributed by atoms with Crippen LogP contribution < -0.4 is 0 Å². The van der Waals surface area contributed by atoms with E-state index in [0.29, 0.717) is 0 Å². The van der Waals surface area contributed by atoms with Gasteiger partial charge in [0.25, 0.3) is 0 Å². The van der Waals surface area contributed by atoms with E-state index in [1.807, 2.05) is 13.8 Å². The van der Waals surface area contributed by atoms with Crippen LogP contribution in [0.4, 0.5) is 0 Å². The average Bonchev–Trinajstić information content (AvgIpc) is 2.18. The lowest BCUT2D eigenvalue weighted by molar-refractivity contribution is -0.138. The Hall–Kier alpha value is -0.340. The van der Waals surface area contributed by atoms with Gasteiger partial charge in [-0.3, -0.25) is 0 Å². The number of rotatable bonds is 8. The largest absolute Gasteiger partial charge is 0.353 e. The first-order chi connectivity index (χ1) is 6.74. The summed E-state index contributed by atoms with van der Waals surface area (Å²) in [5.74, 6) is 0. The molecule has 0 aromatic rings. The smallest absolute Gasteiger partial charge is 0.157 e. The molecule has 0 aromatic carbocycles. The maximum atomic E-state index is 5.45. The molecule has 0 heterocycles. The Morgan fingerprint density at radius 1 is 1.14 bits per heavy atom. The molecular weight excluding hydrogens is 176 g/mol. The van der Waals surface area contributed by atoms with E-state index in [1.54, 1.807) is 0 Å². The Kier molecular flexibility index (Phi) is 9.00.